The number of aliphatic hydroxyl groups excluding tert-OH is 2. The number of nitrogens with zero attached hydrogens (tertiary/aromatic N) is 3. The third kappa shape index (κ3) is 3.38. The normalized spacial score (nSPS) is 31.2. The van der Waals surface area contributed by atoms with E-state index in [1.165, 1.54) is 12.5 Å². The summed E-state index contributed by atoms with van der Waals surface area (Å²) >= 11 is 0. The van der Waals surface area contributed by atoms with Gasteiger partial charge in [-0.3, -0.25) is 14.4 Å². The van der Waals surface area contributed by atoms with Gasteiger partial charge >= 0.3 is 0 Å². The number of aliphatic hydroxyl groups is 3. The van der Waals surface area contributed by atoms with Crippen LogP contribution in [0.25, 0.3) is 17.2 Å². The quantitative estimate of drug-likeness (QED) is 0.415. The Labute approximate surface area is 213 Å². The molecular weight excluding hydrogens is 480 g/mol. The van der Waals surface area contributed by atoms with Gasteiger partial charge in [-0.15, -0.1) is 0 Å². The van der Waals surface area contributed by atoms with Crippen LogP contribution < -0.4 is 10.6 Å². The van der Waals surface area contributed by atoms with Gasteiger partial charge in [0.25, 0.3) is 0 Å². The fraction of sp³-hybridized carbons (Fsp3) is 0.462. The van der Waals surface area contributed by atoms with Gasteiger partial charge < -0.3 is 35.3 Å². The largest absolute Gasteiger partial charge is 0.507 e. The van der Waals surface area contributed by atoms with Gasteiger partial charge in [0.15, 0.2) is 11.4 Å². The number of Topliss-reactive ketones (excluding diaryl/α,β-unsaturated/α-hetero) is 2. The number of likely N-dealkylation sites (N-methyl/N-ethyl adjacent to an activating group) is 1. The number of fused-ring (bicyclic) bond motifs is 3. The lowest BCUT2D eigenvalue weighted by atomic mass is 9.54. The van der Waals surface area contributed by atoms with E-state index in [0.29, 0.717) is 17.5 Å². The number of carbonyl (C=O) groups is 3. The topological polar surface area (TPSA) is 170 Å². The molecule has 6 atom stereocenters. The van der Waals surface area contributed by atoms with Gasteiger partial charge in [0.2, 0.25) is 17.6 Å². The highest BCUT2D eigenvalue weighted by atomic mass is 16.3. The maximum Gasteiger partial charge on any atom is 0.230 e. The van der Waals surface area contributed by atoms with Crippen molar-refractivity contribution in [1.29, 1.82) is 0 Å². The molecule has 0 spiro atoms. The molecule has 196 valence electrons. The lowest BCUT2D eigenvalue weighted by molar-refractivity contribution is -0.184. The van der Waals surface area contributed by atoms with Crippen LogP contribution in [0.15, 0.2) is 34.6 Å². The second-order valence-electron chi connectivity index (χ2n) is 10.5. The Bertz CT molecular complexity index is 1330. The first kappa shape index (κ1) is 25.1. The van der Waals surface area contributed by atoms with Crippen molar-refractivity contribution < 1.29 is 34.1 Å². The highest BCUT2D eigenvalue weighted by molar-refractivity contribution is 6.25. The number of primary amides is 1. The fourth-order valence-electron chi connectivity index (χ4n) is 6.56. The van der Waals surface area contributed by atoms with E-state index in [4.69, 9.17) is 10.2 Å². The minimum Gasteiger partial charge on any atom is -0.507 e. The van der Waals surface area contributed by atoms with E-state index in [0.717, 1.165) is 11.3 Å². The van der Waals surface area contributed by atoms with Gasteiger partial charge in [0, 0.05) is 48.4 Å². The summed E-state index contributed by atoms with van der Waals surface area (Å²) in [5.74, 6) is -6.69. The smallest absolute Gasteiger partial charge is 0.230 e. The molecule has 2 fully saturated rings. The van der Waals surface area contributed by atoms with Gasteiger partial charge in [0.05, 0.1) is 12.3 Å². The van der Waals surface area contributed by atoms with Crippen molar-refractivity contribution >= 4 is 28.9 Å². The predicted molar refractivity (Wildman–Crippen MR) is 132 cm³/mol. The monoisotopic (exact) mass is 510 g/mol. The molecule has 2 saturated carbocycles. The second-order valence-corrected chi connectivity index (χ2v) is 10.5. The summed E-state index contributed by atoms with van der Waals surface area (Å²) < 4.78 is 5.48. The molecule has 1 aromatic heterocycles. The molecule has 0 radical (unpaired) electrons. The van der Waals surface area contributed by atoms with Crippen LogP contribution in [0.1, 0.15) is 17.5 Å². The zero-order chi connectivity index (χ0) is 27.0. The Balaban J connectivity index is 1.74. The molecule has 2 aromatic rings. The molecule has 2 unspecified atom stereocenters. The van der Waals surface area contributed by atoms with E-state index in [1.807, 2.05) is 25.1 Å². The average molecular weight is 511 g/mol. The standard InChI is InChI=1S/C26H30N4O7/c1-29(2)15-6-5-12(25-28-7-8-37-25)17-13(15)9-11-10-14-19(30(3)4)21(32)18(24(27)35)23(34)26(14,36)22(33)16(11)20(17)31/h5-8,11,14,18-19,21,31-32,36H,9-10H2,1-4H3,(H2,27,35)/t11-,14-,18?,19-,21?,26-/m0/s1. The van der Waals surface area contributed by atoms with E-state index in [-0.39, 0.29) is 23.6 Å². The Morgan fingerprint density at radius 3 is 2.49 bits per heavy atom. The number of amides is 1. The number of benzene rings is 1. The molecule has 3 aliphatic rings. The van der Waals surface area contributed by atoms with Gasteiger partial charge in [-0.2, -0.15) is 0 Å². The minimum absolute atomic E-state index is 0.0829. The molecule has 37 heavy (non-hydrogen) atoms. The molecule has 0 aliphatic heterocycles. The molecule has 5 rings (SSSR count). The van der Waals surface area contributed by atoms with Crippen molar-refractivity contribution in [3.05, 3.63) is 41.3 Å². The number of hydrogen-bond donors (Lipinski definition) is 4. The van der Waals surface area contributed by atoms with Crippen LogP contribution in [0, 0.1) is 17.8 Å². The Kier molecular flexibility index (Phi) is 5.78. The highest BCUT2D eigenvalue weighted by Crippen LogP contribution is 2.53. The van der Waals surface area contributed by atoms with Crippen LogP contribution >= 0.6 is 0 Å². The van der Waals surface area contributed by atoms with E-state index >= 15 is 0 Å². The lowest BCUT2D eigenvalue weighted by Gasteiger charge is -2.53. The number of rotatable bonds is 4. The van der Waals surface area contributed by atoms with Crippen LogP contribution in [0.2, 0.25) is 0 Å². The summed E-state index contributed by atoms with van der Waals surface area (Å²) in [4.78, 5) is 47.3. The number of carbonyl (C=O) groups excluding carboxylic acids is 3. The zero-order valence-corrected chi connectivity index (χ0v) is 21.0. The molecule has 0 bridgehead atoms. The Hall–Kier alpha value is -3.54. The molecule has 1 heterocycles. The molecule has 11 nitrogen and oxygen atoms in total. The summed E-state index contributed by atoms with van der Waals surface area (Å²) in [7, 11) is 7.00. The maximum absolute atomic E-state index is 14.0. The first-order valence-electron chi connectivity index (χ1n) is 12.0. The van der Waals surface area contributed by atoms with E-state index < -0.39 is 53.0 Å². The average Bonchev–Trinajstić information content (AvgIpc) is 3.35. The Morgan fingerprint density at radius 2 is 1.92 bits per heavy atom. The van der Waals surface area contributed by atoms with Crippen molar-refractivity contribution in [3.63, 3.8) is 0 Å². The summed E-state index contributed by atoms with van der Waals surface area (Å²) in [5, 5.41) is 34.3. The third-order valence-electron chi connectivity index (χ3n) is 8.11. The van der Waals surface area contributed by atoms with Gasteiger partial charge in [-0.25, -0.2) is 4.98 Å². The van der Waals surface area contributed by atoms with Crippen molar-refractivity contribution in [2.75, 3.05) is 33.1 Å². The second kappa shape index (κ2) is 8.51. The number of oxazole rings is 1. The van der Waals surface area contributed by atoms with Crippen molar-refractivity contribution in [3.8, 4) is 11.5 Å². The molecular formula is C26H30N4O7. The van der Waals surface area contributed by atoms with Crippen molar-refractivity contribution in [2.45, 2.75) is 30.6 Å². The number of aromatic nitrogens is 1. The van der Waals surface area contributed by atoms with E-state index in [9.17, 15) is 29.7 Å². The molecule has 3 aliphatic carbocycles. The molecule has 1 aromatic carbocycles. The highest BCUT2D eigenvalue weighted by Gasteiger charge is 2.67. The SMILES string of the molecule is CN(C)c1ccc(-c2ncco2)c2c1C[C@H]1C[C@H]3[C@H](N(C)C)C(O)C(C(N)=O)C(=O)[C@@]3(O)C(=O)C1=C2O. The Morgan fingerprint density at radius 1 is 1.22 bits per heavy atom. The number of nitrogens with two attached hydrogens (primary N) is 1. The zero-order valence-electron chi connectivity index (χ0n) is 21.0. The summed E-state index contributed by atoms with van der Waals surface area (Å²) in [6.07, 6.45) is 1.82. The van der Waals surface area contributed by atoms with Crippen LogP contribution in [0.5, 0.6) is 0 Å². The minimum atomic E-state index is -2.63. The molecule has 0 saturated heterocycles. The van der Waals surface area contributed by atoms with Gasteiger partial charge in [-0.05, 0) is 50.6 Å². The van der Waals surface area contributed by atoms with Crippen LogP contribution in [0.4, 0.5) is 5.69 Å². The summed E-state index contributed by atoms with van der Waals surface area (Å²) in [5.41, 5.74) is 5.11. The fourth-order valence-corrected chi connectivity index (χ4v) is 6.56. The van der Waals surface area contributed by atoms with Crippen LogP contribution in [-0.4, -0.2) is 88.6 Å². The maximum atomic E-state index is 14.0. The summed E-state index contributed by atoms with van der Waals surface area (Å²) in [6, 6.07) is 2.71. The van der Waals surface area contributed by atoms with E-state index in [2.05, 4.69) is 4.98 Å². The first-order valence-corrected chi connectivity index (χ1v) is 12.0. The van der Waals surface area contributed by atoms with Gasteiger partial charge in [-0.1, -0.05) is 0 Å². The number of hydrogen-bond acceptors (Lipinski definition) is 10. The predicted octanol–water partition coefficient (Wildman–Crippen LogP) is 0.144. The molecule has 1 amide bonds. The third-order valence-corrected chi connectivity index (χ3v) is 8.11. The van der Waals surface area contributed by atoms with Crippen molar-refractivity contribution in [2.24, 2.45) is 23.5 Å². The number of ketones is 2. The van der Waals surface area contributed by atoms with Gasteiger partial charge in [0.1, 0.15) is 17.9 Å². The van der Waals surface area contributed by atoms with E-state index in [1.54, 1.807) is 25.1 Å². The lowest BCUT2D eigenvalue weighted by Crippen LogP contribution is -2.73. The van der Waals surface area contributed by atoms with Crippen LogP contribution in [-0.2, 0) is 20.8 Å². The van der Waals surface area contributed by atoms with Crippen molar-refractivity contribution in [1.82, 2.24) is 9.88 Å². The van der Waals surface area contributed by atoms with Crippen LogP contribution in [0.3, 0.4) is 0 Å². The first-order chi connectivity index (χ1) is 17.4. The molecule has 11 heteroatoms. The molecule has 5 N–H and O–H groups in total. The summed E-state index contributed by atoms with van der Waals surface area (Å²) in [6.45, 7) is 0. The number of anilines is 1.